The molecule has 29 heavy (non-hydrogen) atoms. The van der Waals surface area contributed by atoms with Crippen molar-refractivity contribution in [2.24, 2.45) is 0 Å². The Labute approximate surface area is 168 Å². The minimum atomic E-state index is -0.297. The maximum atomic E-state index is 12.7. The van der Waals surface area contributed by atoms with E-state index < -0.39 is 0 Å². The largest absolute Gasteiger partial charge is 0.467 e. The predicted octanol–water partition coefficient (Wildman–Crippen LogP) is 1.94. The Bertz CT molecular complexity index is 967. The van der Waals surface area contributed by atoms with Crippen LogP contribution in [0.25, 0.3) is 11.4 Å². The second-order valence-electron chi connectivity index (χ2n) is 6.69. The van der Waals surface area contributed by atoms with E-state index in [1.807, 2.05) is 30.3 Å². The Hall–Kier alpha value is -3.68. The summed E-state index contributed by atoms with van der Waals surface area (Å²) in [6.45, 7) is 2.82. The molecule has 1 fully saturated rings. The number of anilines is 1. The number of carbonyl (C=O) groups excluding carboxylic acids is 2. The molecule has 0 saturated carbocycles. The number of carbonyl (C=O) groups is 2. The molecule has 1 aliphatic heterocycles. The van der Waals surface area contributed by atoms with Crippen molar-refractivity contribution in [3.8, 4) is 11.4 Å². The van der Waals surface area contributed by atoms with Crippen molar-refractivity contribution in [1.82, 2.24) is 20.2 Å². The highest BCUT2D eigenvalue weighted by molar-refractivity contribution is 5.93. The van der Waals surface area contributed by atoms with E-state index in [2.05, 4.69) is 20.2 Å². The van der Waals surface area contributed by atoms with Gasteiger partial charge in [-0.25, -0.2) is 9.97 Å². The molecule has 0 radical (unpaired) electrons. The van der Waals surface area contributed by atoms with Gasteiger partial charge in [-0.15, -0.1) is 0 Å². The first-order valence-electron chi connectivity index (χ1n) is 9.42. The molecule has 148 valence electrons. The first kappa shape index (κ1) is 18.7. The van der Waals surface area contributed by atoms with E-state index in [1.54, 1.807) is 29.4 Å². The van der Waals surface area contributed by atoms with Crippen molar-refractivity contribution in [1.29, 1.82) is 0 Å². The van der Waals surface area contributed by atoms with Crippen LogP contribution < -0.4 is 10.2 Å². The molecule has 2 amide bonds. The van der Waals surface area contributed by atoms with Crippen LogP contribution in [0.3, 0.4) is 0 Å². The molecular formula is C21H21N5O3. The number of rotatable bonds is 6. The van der Waals surface area contributed by atoms with Gasteiger partial charge in [0.1, 0.15) is 17.3 Å². The lowest BCUT2D eigenvalue weighted by Gasteiger charge is -2.33. The summed E-state index contributed by atoms with van der Waals surface area (Å²) < 4.78 is 5.26. The van der Waals surface area contributed by atoms with E-state index in [0.29, 0.717) is 49.3 Å². The average molecular weight is 391 g/mol. The van der Waals surface area contributed by atoms with Crippen LogP contribution in [-0.2, 0) is 11.3 Å². The van der Waals surface area contributed by atoms with Crippen LogP contribution in [0, 0.1) is 0 Å². The molecule has 3 heterocycles. The molecule has 2 aromatic heterocycles. The normalized spacial score (nSPS) is 13.9. The minimum Gasteiger partial charge on any atom is -0.467 e. The molecule has 4 rings (SSSR count). The van der Waals surface area contributed by atoms with Crippen LogP contribution in [0.15, 0.2) is 59.2 Å². The molecule has 8 heteroatoms. The van der Waals surface area contributed by atoms with Crippen LogP contribution >= 0.6 is 0 Å². The zero-order valence-corrected chi connectivity index (χ0v) is 15.8. The van der Waals surface area contributed by atoms with Gasteiger partial charge in [0.2, 0.25) is 6.41 Å². The van der Waals surface area contributed by atoms with E-state index in [4.69, 9.17) is 4.42 Å². The predicted molar refractivity (Wildman–Crippen MR) is 107 cm³/mol. The summed E-state index contributed by atoms with van der Waals surface area (Å²) in [4.78, 5) is 36.7. The van der Waals surface area contributed by atoms with Crippen LogP contribution in [-0.4, -0.2) is 53.4 Å². The molecular weight excluding hydrogens is 370 g/mol. The summed E-state index contributed by atoms with van der Waals surface area (Å²) >= 11 is 0. The Kier molecular flexibility index (Phi) is 5.51. The summed E-state index contributed by atoms with van der Waals surface area (Å²) in [5.74, 6) is 1.53. The van der Waals surface area contributed by atoms with E-state index in [9.17, 15) is 9.59 Å². The number of aromatic nitrogens is 2. The third-order valence-corrected chi connectivity index (χ3v) is 4.77. The van der Waals surface area contributed by atoms with Crippen molar-refractivity contribution < 1.29 is 14.0 Å². The third kappa shape index (κ3) is 4.43. The van der Waals surface area contributed by atoms with Crippen LogP contribution in [0.1, 0.15) is 16.2 Å². The van der Waals surface area contributed by atoms with Crippen LogP contribution in [0.4, 0.5) is 5.82 Å². The van der Waals surface area contributed by atoms with Crippen molar-refractivity contribution >= 4 is 18.1 Å². The fourth-order valence-corrected chi connectivity index (χ4v) is 3.16. The Balaban J connectivity index is 1.61. The molecule has 0 bridgehead atoms. The fraction of sp³-hybridized carbons (Fsp3) is 0.238. The zero-order valence-electron chi connectivity index (χ0n) is 15.8. The topological polar surface area (TPSA) is 91.6 Å². The fourth-order valence-electron chi connectivity index (χ4n) is 3.16. The van der Waals surface area contributed by atoms with Gasteiger partial charge in [0.05, 0.1) is 12.8 Å². The standard InChI is InChI=1S/C21H21N5O3/c27-15-25-8-10-26(11-9-25)19-13-18(21(28)22-14-17-7-4-12-29-17)23-20(24-19)16-5-2-1-3-6-16/h1-7,12-13,15H,8-11,14H2,(H,22,28). The Morgan fingerprint density at radius 3 is 2.55 bits per heavy atom. The van der Waals surface area contributed by atoms with Gasteiger partial charge < -0.3 is 19.5 Å². The zero-order chi connectivity index (χ0) is 20.1. The molecule has 1 aromatic carbocycles. The number of furan rings is 1. The van der Waals surface area contributed by atoms with Gasteiger partial charge >= 0.3 is 0 Å². The second-order valence-corrected chi connectivity index (χ2v) is 6.69. The quantitative estimate of drug-likeness (QED) is 0.646. The number of nitrogens with zero attached hydrogens (tertiary/aromatic N) is 4. The van der Waals surface area contributed by atoms with Gasteiger partial charge in [0.25, 0.3) is 5.91 Å². The van der Waals surface area contributed by atoms with Crippen LogP contribution in [0.2, 0.25) is 0 Å². The smallest absolute Gasteiger partial charge is 0.270 e. The third-order valence-electron chi connectivity index (χ3n) is 4.77. The highest BCUT2D eigenvalue weighted by Crippen LogP contribution is 2.21. The summed E-state index contributed by atoms with van der Waals surface area (Å²) in [6, 6.07) is 14.8. The molecule has 1 aliphatic rings. The SMILES string of the molecule is O=CN1CCN(c2cc(C(=O)NCc3ccco3)nc(-c3ccccc3)n2)CC1. The number of piperazine rings is 1. The van der Waals surface area contributed by atoms with Crippen molar-refractivity contribution in [3.05, 3.63) is 66.2 Å². The number of nitrogens with one attached hydrogen (secondary N) is 1. The van der Waals surface area contributed by atoms with E-state index in [1.165, 1.54) is 0 Å². The maximum Gasteiger partial charge on any atom is 0.270 e. The number of benzene rings is 1. The lowest BCUT2D eigenvalue weighted by atomic mass is 10.2. The molecule has 8 nitrogen and oxygen atoms in total. The van der Waals surface area contributed by atoms with E-state index >= 15 is 0 Å². The first-order chi connectivity index (χ1) is 14.2. The number of hydrogen-bond donors (Lipinski definition) is 1. The lowest BCUT2D eigenvalue weighted by molar-refractivity contribution is -0.118. The summed E-state index contributed by atoms with van der Waals surface area (Å²) in [5.41, 5.74) is 1.12. The van der Waals surface area contributed by atoms with Gasteiger partial charge in [0.15, 0.2) is 5.82 Å². The lowest BCUT2D eigenvalue weighted by Crippen LogP contribution is -2.46. The first-order valence-corrected chi connectivity index (χ1v) is 9.42. The summed E-state index contributed by atoms with van der Waals surface area (Å²) in [5, 5.41) is 2.83. The summed E-state index contributed by atoms with van der Waals surface area (Å²) in [6.07, 6.45) is 2.43. The molecule has 0 atom stereocenters. The van der Waals surface area contributed by atoms with Crippen molar-refractivity contribution in [3.63, 3.8) is 0 Å². The Morgan fingerprint density at radius 2 is 1.86 bits per heavy atom. The highest BCUT2D eigenvalue weighted by Gasteiger charge is 2.20. The molecule has 1 N–H and O–H groups in total. The minimum absolute atomic E-state index is 0.282. The summed E-state index contributed by atoms with van der Waals surface area (Å²) in [7, 11) is 0. The van der Waals surface area contributed by atoms with Gasteiger partial charge in [-0.2, -0.15) is 0 Å². The van der Waals surface area contributed by atoms with Gasteiger partial charge in [-0.05, 0) is 12.1 Å². The van der Waals surface area contributed by atoms with Gasteiger partial charge in [-0.1, -0.05) is 30.3 Å². The van der Waals surface area contributed by atoms with E-state index in [-0.39, 0.29) is 12.5 Å². The number of amides is 2. The maximum absolute atomic E-state index is 12.7. The second kappa shape index (κ2) is 8.55. The van der Waals surface area contributed by atoms with Gasteiger partial charge in [0, 0.05) is 37.8 Å². The van der Waals surface area contributed by atoms with Gasteiger partial charge in [-0.3, -0.25) is 9.59 Å². The molecule has 1 saturated heterocycles. The van der Waals surface area contributed by atoms with E-state index in [0.717, 1.165) is 12.0 Å². The molecule has 0 unspecified atom stereocenters. The average Bonchev–Trinajstić information content (AvgIpc) is 3.31. The monoisotopic (exact) mass is 391 g/mol. The van der Waals surface area contributed by atoms with Crippen LogP contribution in [0.5, 0.6) is 0 Å². The molecule has 3 aromatic rings. The highest BCUT2D eigenvalue weighted by atomic mass is 16.3. The van der Waals surface area contributed by atoms with Crippen molar-refractivity contribution in [2.75, 3.05) is 31.1 Å². The Morgan fingerprint density at radius 1 is 1.07 bits per heavy atom. The molecule has 0 aliphatic carbocycles. The molecule has 0 spiro atoms. The number of hydrogen-bond acceptors (Lipinski definition) is 6. The van der Waals surface area contributed by atoms with Crippen molar-refractivity contribution in [2.45, 2.75) is 6.54 Å².